The lowest BCUT2D eigenvalue weighted by Gasteiger charge is -2.14. The van der Waals surface area contributed by atoms with Gasteiger partial charge in [0.05, 0.1) is 12.8 Å². The number of ether oxygens (including phenoxy) is 1. The summed E-state index contributed by atoms with van der Waals surface area (Å²) >= 11 is 4.91. The molecule has 148 valence electrons. The van der Waals surface area contributed by atoms with Crippen LogP contribution in [0.4, 0.5) is 31.8 Å². The van der Waals surface area contributed by atoms with Crippen LogP contribution < -0.4 is 10.6 Å². The Morgan fingerprint density at radius 3 is 2.38 bits per heavy atom. The van der Waals surface area contributed by atoms with Crippen molar-refractivity contribution < 1.29 is 13.5 Å². The molecule has 0 radical (unpaired) electrons. The maximum absolute atomic E-state index is 14.5. The number of rotatable bonds is 6. The molecule has 0 atom stereocenters. The largest absolute Gasteiger partial charge is 0.486 e. The first-order chi connectivity index (χ1) is 13.9. The number of nitrogens with zero attached hydrogens (tertiary/aromatic N) is 3. The van der Waals surface area contributed by atoms with Crippen LogP contribution in [0.5, 0.6) is 0 Å². The molecular weight excluding hydrogens is 398 g/mol. The zero-order valence-electron chi connectivity index (χ0n) is 15.5. The van der Waals surface area contributed by atoms with Gasteiger partial charge in [0.2, 0.25) is 0 Å². The Balaban J connectivity index is 1.94. The highest BCUT2D eigenvalue weighted by atomic mass is 32.1. The second-order valence-electron chi connectivity index (χ2n) is 5.90. The normalized spacial score (nSPS) is 10.3. The third-order valence-electron chi connectivity index (χ3n) is 3.87. The van der Waals surface area contributed by atoms with Crippen LogP contribution in [-0.2, 0) is 4.74 Å². The number of methoxy groups -OCH3 is 1. The molecule has 0 bridgehead atoms. The monoisotopic (exact) mass is 414 g/mol. The van der Waals surface area contributed by atoms with Gasteiger partial charge in [-0.05, 0) is 31.3 Å². The molecule has 0 saturated heterocycles. The Bertz CT molecular complexity index is 1070. The van der Waals surface area contributed by atoms with Gasteiger partial charge in [0.25, 0.3) is 0 Å². The van der Waals surface area contributed by atoms with E-state index < -0.39 is 11.6 Å². The van der Waals surface area contributed by atoms with Gasteiger partial charge in [0, 0.05) is 41.4 Å². The van der Waals surface area contributed by atoms with E-state index in [4.69, 9.17) is 22.4 Å². The highest BCUT2D eigenvalue weighted by Crippen LogP contribution is 2.28. The fourth-order valence-corrected chi connectivity index (χ4v) is 2.59. The molecule has 29 heavy (non-hydrogen) atoms. The lowest BCUT2D eigenvalue weighted by atomic mass is 10.1. The summed E-state index contributed by atoms with van der Waals surface area (Å²) in [6, 6.07) is 5.39. The highest BCUT2D eigenvalue weighted by Gasteiger charge is 2.16. The Morgan fingerprint density at radius 1 is 1.07 bits per heavy atom. The number of hydrogen-bond acceptors (Lipinski definition) is 8. The van der Waals surface area contributed by atoms with E-state index in [0.717, 1.165) is 24.0 Å². The molecule has 3 rings (SSSR count). The molecule has 0 fully saturated rings. The van der Waals surface area contributed by atoms with Crippen LogP contribution in [0.25, 0.3) is 0 Å². The summed E-state index contributed by atoms with van der Waals surface area (Å²) in [5.74, 6) is -0.830. The maximum Gasteiger partial charge on any atom is 0.191 e. The number of thiocarbonyl (C=S) groups is 1. The quantitative estimate of drug-likeness (QED) is 0.410. The molecule has 0 aliphatic rings. The summed E-state index contributed by atoms with van der Waals surface area (Å²) in [6.45, 7) is 1.82. The van der Waals surface area contributed by atoms with E-state index >= 15 is 0 Å². The molecule has 2 heterocycles. The fraction of sp³-hybridized carbons (Fsp3) is 0.105. The molecule has 0 amide bonds. The zero-order valence-corrected chi connectivity index (χ0v) is 16.3. The minimum Gasteiger partial charge on any atom is -0.486 e. The molecule has 10 heteroatoms. The number of pyridine rings is 1. The van der Waals surface area contributed by atoms with Crippen molar-refractivity contribution in [3.8, 4) is 0 Å². The smallest absolute Gasteiger partial charge is 0.191 e. The van der Waals surface area contributed by atoms with E-state index in [9.17, 15) is 8.78 Å². The average molecular weight is 414 g/mol. The standard InChI is InChI=1S/C19H16F2N6OS/c1-10-3-16(25-9-24-10)27-17-6-15(12(7-22)8-23-17)26-18-13(20)4-11(5-14(18)21)19(29)28-2/h3-9,22H,1-2H3,(H2,23,24,25,26,27). The maximum atomic E-state index is 14.5. The summed E-state index contributed by atoms with van der Waals surface area (Å²) in [6.07, 6.45) is 3.83. The molecule has 2 aromatic heterocycles. The molecule has 3 aromatic rings. The van der Waals surface area contributed by atoms with E-state index in [0.29, 0.717) is 17.2 Å². The zero-order chi connectivity index (χ0) is 21.0. The lowest BCUT2D eigenvalue weighted by Crippen LogP contribution is -2.06. The van der Waals surface area contributed by atoms with Crippen LogP contribution in [0, 0.1) is 24.0 Å². The molecule has 7 nitrogen and oxygen atoms in total. The summed E-state index contributed by atoms with van der Waals surface area (Å²) in [5.41, 5.74) is 1.11. The van der Waals surface area contributed by atoms with Crippen molar-refractivity contribution in [2.75, 3.05) is 17.7 Å². The minimum absolute atomic E-state index is 0.0231. The van der Waals surface area contributed by atoms with Gasteiger partial charge in [-0.3, -0.25) is 0 Å². The topological polar surface area (TPSA) is 95.8 Å². The van der Waals surface area contributed by atoms with E-state index in [2.05, 4.69) is 25.6 Å². The van der Waals surface area contributed by atoms with Crippen LogP contribution in [-0.4, -0.2) is 33.3 Å². The predicted octanol–water partition coefficient (Wildman–Crippen LogP) is 4.26. The second-order valence-corrected chi connectivity index (χ2v) is 6.27. The third kappa shape index (κ3) is 4.66. The highest BCUT2D eigenvalue weighted by molar-refractivity contribution is 7.80. The van der Waals surface area contributed by atoms with Crippen molar-refractivity contribution in [3.05, 3.63) is 65.2 Å². The summed E-state index contributed by atoms with van der Waals surface area (Å²) in [5, 5.41) is 13.2. The minimum atomic E-state index is -0.854. The molecule has 1 aromatic carbocycles. The van der Waals surface area contributed by atoms with Gasteiger partial charge in [-0.2, -0.15) is 0 Å². The van der Waals surface area contributed by atoms with E-state index in [1.807, 2.05) is 6.92 Å². The molecule has 0 aliphatic carbocycles. The molecular formula is C19H16F2N6OS. The molecule has 0 unspecified atom stereocenters. The van der Waals surface area contributed by atoms with Gasteiger partial charge in [-0.1, -0.05) is 0 Å². The van der Waals surface area contributed by atoms with Gasteiger partial charge in [-0.25, -0.2) is 23.7 Å². The number of benzene rings is 1. The number of nitrogens with one attached hydrogen (secondary N) is 3. The van der Waals surface area contributed by atoms with Gasteiger partial charge >= 0.3 is 0 Å². The van der Waals surface area contributed by atoms with Crippen LogP contribution in [0.15, 0.2) is 36.8 Å². The van der Waals surface area contributed by atoms with Gasteiger partial charge in [-0.15, -0.1) is 0 Å². The Kier molecular flexibility index (Phi) is 6.03. The second kappa shape index (κ2) is 8.65. The first-order valence-corrected chi connectivity index (χ1v) is 8.72. The molecule has 0 aliphatic heterocycles. The van der Waals surface area contributed by atoms with E-state index in [1.54, 1.807) is 6.07 Å². The van der Waals surface area contributed by atoms with Crippen molar-refractivity contribution in [1.29, 1.82) is 5.41 Å². The SMILES string of the molecule is COC(=S)c1cc(F)c(Nc2cc(Nc3cc(C)ncn3)ncc2C=N)c(F)c1. The summed E-state index contributed by atoms with van der Waals surface area (Å²) < 4.78 is 33.8. The summed E-state index contributed by atoms with van der Waals surface area (Å²) in [4.78, 5) is 12.3. The number of aromatic nitrogens is 3. The third-order valence-corrected chi connectivity index (χ3v) is 4.28. The van der Waals surface area contributed by atoms with Crippen LogP contribution in [0.1, 0.15) is 16.8 Å². The molecule has 0 saturated carbocycles. The Hall–Kier alpha value is -3.53. The number of halogens is 2. The van der Waals surface area contributed by atoms with Crippen molar-refractivity contribution in [3.63, 3.8) is 0 Å². The van der Waals surface area contributed by atoms with Crippen LogP contribution >= 0.6 is 12.2 Å². The Morgan fingerprint density at radius 2 is 1.76 bits per heavy atom. The van der Waals surface area contributed by atoms with Crippen molar-refractivity contribution in [2.45, 2.75) is 6.92 Å². The predicted molar refractivity (Wildman–Crippen MR) is 111 cm³/mol. The number of anilines is 4. The van der Waals surface area contributed by atoms with Crippen molar-refractivity contribution in [1.82, 2.24) is 15.0 Å². The van der Waals surface area contributed by atoms with E-state index in [-0.39, 0.29) is 22.0 Å². The van der Waals surface area contributed by atoms with E-state index in [1.165, 1.54) is 25.7 Å². The number of aryl methyl sites for hydroxylation is 1. The number of hydrogen-bond donors (Lipinski definition) is 3. The Labute approximate surface area is 170 Å². The van der Waals surface area contributed by atoms with Crippen LogP contribution in [0.2, 0.25) is 0 Å². The first-order valence-electron chi connectivity index (χ1n) is 8.32. The van der Waals surface area contributed by atoms with Crippen molar-refractivity contribution >= 4 is 46.5 Å². The summed E-state index contributed by atoms with van der Waals surface area (Å²) in [7, 11) is 1.32. The molecule has 3 N–H and O–H groups in total. The fourth-order valence-electron chi connectivity index (χ4n) is 2.47. The van der Waals surface area contributed by atoms with Gasteiger partial charge in [0.15, 0.2) is 5.05 Å². The van der Waals surface area contributed by atoms with Gasteiger partial charge in [0.1, 0.15) is 35.3 Å². The van der Waals surface area contributed by atoms with Crippen molar-refractivity contribution in [2.24, 2.45) is 0 Å². The average Bonchev–Trinajstić information content (AvgIpc) is 2.70. The van der Waals surface area contributed by atoms with Crippen LogP contribution in [0.3, 0.4) is 0 Å². The first kappa shape index (κ1) is 20.2. The van der Waals surface area contributed by atoms with Gasteiger partial charge < -0.3 is 20.8 Å². The lowest BCUT2D eigenvalue weighted by molar-refractivity contribution is 0.415. The molecule has 0 spiro atoms.